The second-order valence-electron chi connectivity index (χ2n) is 10.2. The van der Waals surface area contributed by atoms with Crippen LogP contribution < -0.4 is 5.73 Å². The predicted octanol–water partition coefficient (Wildman–Crippen LogP) is 2.30. The Morgan fingerprint density at radius 2 is 2.06 bits per heavy atom. The van der Waals surface area contributed by atoms with Gasteiger partial charge in [0.05, 0.1) is 18.3 Å². The summed E-state index contributed by atoms with van der Waals surface area (Å²) in [5.74, 6) is -0.532. The Hall–Kier alpha value is -1.87. The first-order valence-electron chi connectivity index (χ1n) is 11.8. The summed E-state index contributed by atoms with van der Waals surface area (Å²) in [5.41, 5.74) is 5.58. The van der Waals surface area contributed by atoms with Crippen molar-refractivity contribution >= 4 is 6.09 Å². The van der Waals surface area contributed by atoms with E-state index in [0.29, 0.717) is 12.2 Å². The number of methoxy groups -OCH3 is 1. The number of aliphatic hydroxyl groups is 2. The average molecular weight is 464 g/mol. The van der Waals surface area contributed by atoms with Gasteiger partial charge in [0.1, 0.15) is 29.7 Å². The fourth-order valence-corrected chi connectivity index (χ4v) is 6.74. The highest BCUT2D eigenvalue weighted by molar-refractivity contribution is 5.65. The second-order valence-corrected chi connectivity index (χ2v) is 10.2. The Morgan fingerprint density at radius 3 is 2.67 bits per heavy atom. The number of rotatable bonds is 3. The van der Waals surface area contributed by atoms with Crippen molar-refractivity contribution in [2.45, 2.75) is 76.3 Å². The van der Waals surface area contributed by atoms with Crippen LogP contribution in [0.4, 0.5) is 4.79 Å². The molecule has 0 aromatic rings. The number of amides is 1. The van der Waals surface area contributed by atoms with Crippen molar-refractivity contribution in [3.05, 3.63) is 36.1 Å². The summed E-state index contributed by atoms with van der Waals surface area (Å²) in [7, 11) is 1.61. The number of ether oxygens (including phenoxy) is 4. The molecular weight excluding hydrogens is 426 g/mol. The van der Waals surface area contributed by atoms with Gasteiger partial charge in [-0.15, -0.1) is 0 Å². The van der Waals surface area contributed by atoms with Crippen LogP contribution in [0.15, 0.2) is 36.1 Å². The minimum Gasteiger partial charge on any atom is -0.489 e. The smallest absolute Gasteiger partial charge is 0.404 e. The summed E-state index contributed by atoms with van der Waals surface area (Å²) < 4.78 is 24.3. The molecular formula is C25H37NO7. The van der Waals surface area contributed by atoms with Crippen LogP contribution in [-0.4, -0.2) is 65.6 Å². The fraction of sp³-hybridized carbons (Fsp3) is 0.720. The van der Waals surface area contributed by atoms with Gasteiger partial charge in [0, 0.05) is 36.7 Å². The summed E-state index contributed by atoms with van der Waals surface area (Å²) in [4.78, 5) is 11.9. The molecule has 2 aliphatic heterocycles. The Kier molecular flexibility index (Phi) is 6.41. The molecule has 2 fully saturated rings. The van der Waals surface area contributed by atoms with Crippen molar-refractivity contribution in [3.63, 3.8) is 0 Å². The zero-order chi connectivity index (χ0) is 24.2. The maximum absolute atomic E-state index is 11.9. The molecule has 4 N–H and O–H groups in total. The summed E-state index contributed by atoms with van der Waals surface area (Å²) in [6.07, 6.45) is 2.40. The first-order valence-corrected chi connectivity index (χ1v) is 11.8. The standard InChI is InChI=1S/C25H37NO7/c1-11-9-12(2)25-16(10-18(30-6)15(5)31-21(11)14(4)27)7-8-17-19(25)22(32-24(26)29)13(3)20(28)23(17)33-25/h7-9,11,13-14,16-23,27-28H,5,10H2,1-4,6H3,(H2,26,29)/b12-9+/t11-,13+,14-,16-,17-,18+,19+,20-,21+,22-,23-,25+/m1/s1. The van der Waals surface area contributed by atoms with Crippen molar-refractivity contribution in [2.75, 3.05) is 7.11 Å². The maximum atomic E-state index is 11.9. The molecule has 1 spiro atoms. The molecule has 12 atom stereocenters. The van der Waals surface area contributed by atoms with Crippen LogP contribution >= 0.6 is 0 Å². The number of carbonyl (C=O) groups excluding carboxylic acids is 1. The normalized spacial score (nSPS) is 49.3. The van der Waals surface area contributed by atoms with Crippen LogP contribution in [0, 0.1) is 29.6 Å². The van der Waals surface area contributed by atoms with E-state index in [-0.39, 0.29) is 29.6 Å². The van der Waals surface area contributed by atoms with Crippen LogP contribution in [0.5, 0.6) is 0 Å². The van der Waals surface area contributed by atoms with Crippen molar-refractivity contribution in [1.29, 1.82) is 0 Å². The summed E-state index contributed by atoms with van der Waals surface area (Å²) in [5, 5.41) is 21.5. The van der Waals surface area contributed by atoms with Gasteiger partial charge in [0.2, 0.25) is 0 Å². The first-order chi connectivity index (χ1) is 15.5. The third-order valence-electron chi connectivity index (χ3n) is 8.26. The second kappa shape index (κ2) is 8.73. The molecule has 4 bridgehead atoms. The van der Waals surface area contributed by atoms with E-state index in [1.165, 1.54) is 0 Å². The van der Waals surface area contributed by atoms with E-state index < -0.39 is 48.3 Å². The van der Waals surface area contributed by atoms with E-state index >= 15 is 0 Å². The molecule has 184 valence electrons. The quantitative estimate of drug-likeness (QED) is 0.549. The van der Waals surface area contributed by atoms with Gasteiger partial charge in [-0.1, -0.05) is 38.7 Å². The third-order valence-corrected chi connectivity index (χ3v) is 8.26. The SMILES string of the molecule is C=C1O[C@H]([C@@H](C)O)[C@H](C)/C=C(\C)[C@@]23O[C@H]4[C@H](O)[C@H](C)[C@@H](OC(N)=O)[C@@H]2[C@H]4C=C[C@@H]3C[C@@H]1OC. The molecule has 2 aliphatic carbocycles. The van der Waals surface area contributed by atoms with Gasteiger partial charge in [-0.25, -0.2) is 4.79 Å². The number of carbonyl (C=O) groups is 1. The number of hydrogen-bond donors (Lipinski definition) is 3. The molecule has 4 rings (SSSR count). The van der Waals surface area contributed by atoms with Gasteiger partial charge < -0.3 is 34.9 Å². The number of primary amides is 1. The average Bonchev–Trinajstić information content (AvgIpc) is 2.94. The molecule has 0 radical (unpaired) electrons. The van der Waals surface area contributed by atoms with E-state index in [1.54, 1.807) is 14.0 Å². The number of aliphatic hydroxyl groups excluding tert-OH is 2. The molecule has 33 heavy (non-hydrogen) atoms. The zero-order valence-corrected chi connectivity index (χ0v) is 20.0. The lowest BCUT2D eigenvalue weighted by molar-refractivity contribution is -0.103. The van der Waals surface area contributed by atoms with Gasteiger partial charge in [0.15, 0.2) is 0 Å². The van der Waals surface area contributed by atoms with Crippen LogP contribution in [0.25, 0.3) is 0 Å². The van der Waals surface area contributed by atoms with E-state index in [4.69, 9.17) is 24.7 Å². The van der Waals surface area contributed by atoms with E-state index in [0.717, 1.165) is 5.57 Å². The van der Waals surface area contributed by atoms with Crippen LogP contribution in [0.1, 0.15) is 34.1 Å². The predicted molar refractivity (Wildman–Crippen MR) is 121 cm³/mol. The minimum atomic E-state index is -0.861. The largest absolute Gasteiger partial charge is 0.489 e. The van der Waals surface area contributed by atoms with Gasteiger partial charge in [0.25, 0.3) is 0 Å². The highest BCUT2D eigenvalue weighted by Crippen LogP contribution is 2.61. The Labute approximate surface area is 195 Å². The Morgan fingerprint density at radius 1 is 1.36 bits per heavy atom. The Bertz CT molecular complexity index is 854. The van der Waals surface area contributed by atoms with Crippen molar-refractivity contribution < 1.29 is 34.0 Å². The number of hydrogen-bond acceptors (Lipinski definition) is 7. The molecule has 0 aromatic carbocycles. The molecule has 8 heteroatoms. The van der Waals surface area contributed by atoms with Crippen molar-refractivity contribution in [2.24, 2.45) is 35.3 Å². The third kappa shape index (κ3) is 3.71. The van der Waals surface area contributed by atoms with E-state index in [2.05, 4.69) is 24.8 Å². The molecule has 1 amide bonds. The van der Waals surface area contributed by atoms with Crippen LogP contribution in [0.3, 0.4) is 0 Å². The Balaban J connectivity index is 1.88. The molecule has 0 aromatic heterocycles. The lowest BCUT2D eigenvalue weighted by atomic mass is 9.57. The van der Waals surface area contributed by atoms with Crippen LogP contribution in [0.2, 0.25) is 0 Å². The summed E-state index contributed by atoms with van der Waals surface area (Å²) >= 11 is 0. The molecule has 4 aliphatic rings. The van der Waals surface area contributed by atoms with Gasteiger partial charge in [-0.2, -0.15) is 0 Å². The van der Waals surface area contributed by atoms with Gasteiger partial charge in [-0.3, -0.25) is 0 Å². The minimum absolute atomic E-state index is 0.119. The first kappa shape index (κ1) is 24.3. The molecule has 0 unspecified atom stereocenters. The van der Waals surface area contributed by atoms with E-state index in [1.807, 2.05) is 20.8 Å². The highest BCUT2D eigenvalue weighted by Gasteiger charge is 2.69. The van der Waals surface area contributed by atoms with Crippen LogP contribution in [-0.2, 0) is 18.9 Å². The molecule has 2 heterocycles. The van der Waals surface area contributed by atoms with Gasteiger partial charge in [-0.05, 0) is 25.8 Å². The van der Waals surface area contributed by atoms with Crippen molar-refractivity contribution in [3.8, 4) is 0 Å². The zero-order valence-electron chi connectivity index (χ0n) is 20.0. The summed E-state index contributed by atoms with van der Waals surface area (Å²) in [6, 6.07) is 0. The maximum Gasteiger partial charge on any atom is 0.404 e. The fourth-order valence-electron chi connectivity index (χ4n) is 6.74. The molecule has 1 saturated heterocycles. The summed E-state index contributed by atoms with van der Waals surface area (Å²) in [6.45, 7) is 11.7. The van der Waals surface area contributed by atoms with E-state index in [9.17, 15) is 15.0 Å². The monoisotopic (exact) mass is 463 g/mol. The lowest BCUT2D eigenvalue weighted by Crippen LogP contribution is -2.57. The lowest BCUT2D eigenvalue weighted by Gasteiger charge is -2.49. The van der Waals surface area contributed by atoms with Crippen molar-refractivity contribution in [1.82, 2.24) is 0 Å². The topological polar surface area (TPSA) is 120 Å². The highest BCUT2D eigenvalue weighted by atomic mass is 16.6. The number of nitrogens with two attached hydrogens (primary N) is 1. The molecule has 1 saturated carbocycles. The van der Waals surface area contributed by atoms with Gasteiger partial charge >= 0.3 is 6.09 Å². The molecule has 8 nitrogen and oxygen atoms in total.